The summed E-state index contributed by atoms with van der Waals surface area (Å²) in [5.41, 5.74) is 3.11. The summed E-state index contributed by atoms with van der Waals surface area (Å²) >= 11 is 0. The fourth-order valence-corrected chi connectivity index (χ4v) is 3.33. The van der Waals surface area contributed by atoms with E-state index in [1.807, 2.05) is 44.2 Å². The molecule has 6 nitrogen and oxygen atoms in total. The van der Waals surface area contributed by atoms with Crippen molar-refractivity contribution in [3.8, 4) is 6.07 Å². The number of aryl methyl sites for hydroxylation is 1. The third-order valence-corrected chi connectivity index (χ3v) is 4.76. The molecule has 1 aromatic carbocycles. The molecule has 0 atom stereocenters. The largest absolute Gasteiger partial charge is 0.452 e. The number of ether oxygens (including phenoxy) is 1. The normalized spacial score (nSPS) is 13.1. The summed E-state index contributed by atoms with van der Waals surface area (Å²) in [6.45, 7) is 3.79. The molecule has 1 amide bonds. The molecular formula is C21H23N3O3. The van der Waals surface area contributed by atoms with Gasteiger partial charge in [-0.05, 0) is 44.9 Å². The van der Waals surface area contributed by atoms with Gasteiger partial charge in [-0.2, -0.15) is 5.26 Å². The number of carbonyl (C=O) groups is 2. The van der Waals surface area contributed by atoms with Crippen molar-refractivity contribution in [1.82, 2.24) is 4.57 Å². The van der Waals surface area contributed by atoms with E-state index in [-0.39, 0.29) is 25.5 Å². The maximum absolute atomic E-state index is 12.6. The monoisotopic (exact) mass is 365 g/mol. The molecule has 0 aliphatic heterocycles. The fourth-order valence-electron chi connectivity index (χ4n) is 3.33. The summed E-state index contributed by atoms with van der Waals surface area (Å²) in [4.78, 5) is 26.6. The van der Waals surface area contributed by atoms with Gasteiger partial charge in [-0.15, -0.1) is 0 Å². The SMILES string of the molecule is Cc1cc(C(=O)OCC(=O)N(CCC#N)c2ccccc2)c(C)n1C1CC1. The predicted octanol–water partition coefficient (Wildman–Crippen LogP) is 3.54. The van der Waals surface area contributed by atoms with Crippen molar-refractivity contribution in [3.63, 3.8) is 0 Å². The number of para-hydroxylation sites is 1. The van der Waals surface area contributed by atoms with Crippen LogP contribution in [0, 0.1) is 25.2 Å². The number of hydrogen-bond donors (Lipinski definition) is 0. The third-order valence-electron chi connectivity index (χ3n) is 4.76. The molecule has 140 valence electrons. The first-order valence-electron chi connectivity index (χ1n) is 9.11. The quantitative estimate of drug-likeness (QED) is 0.703. The van der Waals surface area contributed by atoms with Gasteiger partial charge in [-0.1, -0.05) is 18.2 Å². The molecule has 6 heteroatoms. The van der Waals surface area contributed by atoms with Crippen LogP contribution in [0.15, 0.2) is 36.4 Å². The second-order valence-electron chi connectivity index (χ2n) is 6.75. The van der Waals surface area contributed by atoms with Crippen LogP contribution in [0.25, 0.3) is 0 Å². The smallest absolute Gasteiger partial charge is 0.340 e. The van der Waals surface area contributed by atoms with E-state index in [1.165, 1.54) is 4.90 Å². The molecule has 27 heavy (non-hydrogen) atoms. The van der Waals surface area contributed by atoms with Gasteiger partial charge in [0.15, 0.2) is 6.61 Å². The maximum atomic E-state index is 12.6. The molecule has 1 aromatic heterocycles. The van der Waals surface area contributed by atoms with Crippen molar-refractivity contribution >= 4 is 17.6 Å². The summed E-state index contributed by atoms with van der Waals surface area (Å²) in [6, 6.07) is 13.4. The van der Waals surface area contributed by atoms with Crippen LogP contribution in [0.5, 0.6) is 0 Å². The Labute approximate surface area is 159 Å². The lowest BCUT2D eigenvalue weighted by Crippen LogP contribution is -2.35. The highest BCUT2D eigenvalue weighted by Crippen LogP contribution is 2.38. The number of nitriles is 1. The van der Waals surface area contributed by atoms with Crippen LogP contribution in [-0.2, 0) is 9.53 Å². The molecule has 2 aromatic rings. The molecule has 1 saturated carbocycles. The Morgan fingerprint density at radius 3 is 2.59 bits per heavy atom. The molecule has 0 bridgehead atoms. The maximum Gasteiger partial charge on any atom is 0.340 e. The number of nitrogens with zero attached hydrogens (tertiary/aromatic N) is 3. The van der Waals surface area contributed by atoms with Gasteiger partial charge >= 0.3 is 5.97 Å². The Morgan fingerprint density at radius 2 is 1.96 bits per heavy atom. The topological polar surface area (TPSA) is 75.3 Å². The lowest BCUT2D eigenvalue weighted by molar-refractivity contribution is -0.121. The summed E-state index contributed by atoms with van der Waals surface area (Å²) in [5.74, 6) is -0.836. The van der Waals surface area contributed by atoms with E-state index in [2.05, 4.69) is 4.57 Å². The number of anilines is 1. The summed E-state index contributed by atoms with van der Waals surface area (Å²) < 4.78 is 7.46. The van der Waals surface area contributed by atoms with Crippen LogP contribution in [0.2, 0.25) is 0 Å². The second-order valence-corrected chi connectivity index (χ2v) is 6.75. The summed E-state index contributed by atoms with van der Waals surface area (Å²) in [5, 5.41) is 8.84. The molecular weight excluding hydrogens is 342 g/mol. The van der Waals surface area contributed by atoms with E-state index in [4.69, 9.17) is 10.00 Å². The molecule has 1 aliphatic carbocycles. The zero-order chi connectivity index (χ0) is 19.4. The van der Waals surface area contributed by atoms with Crippen molar-refractivity contribution < 1.29 is 14.3 Å². The third kappa shape index (κ3) is 4.20. The average molecular weight is 365 g/mol. The molecule has 1 fully saturated rings. The van der Waals surface area contributed by atoms with Crippen LogP contribution in [0.1, 0.15) is 47.1 Å². The Morgan fingerprint density at radius 1 is 1.26 bits per heavy atom. The van der Waals surface area contributed by atoms with Crippen LogP contribution >= 0.6 is 0 Å². The van der Waals surface area contributed by atoms with E-state index in [1.54, 1.807) is 12.1 Å². The van der Waals surface area contributed by atoms with Gasteiger partial charge in [0.25, 0.3) is 5.91 Å². The van der Waals surface area contributed by atoms with Crippen LogP contribution in [0.4, 0.5) is 5.69 Å². The Hall–Kier alpha value is -3.07. The number of rotatable bonds is 7. The summed E-state index contributed by atoms with van der Waals surface area (Å²) in [7, 11) is 0. The standard InChI is InChI=1S/C21H23N3O3/c1-15-13-19(16(2)24(15)18-9-10-18)21(26)27-14-20(25)23(12-6-11-22)17-7-4-3-5-8-17/h3-5,7-8,13,18H,6,9-10,12,14H2,1-2H3. The van der Waals surface area contributed by atoms with E-state index in [0.29, 0.717) is 17.3 Å². The first kappa shape index (κ1) is 18.7. The number of benzene rings is 1. The summed E-state index contributed by atoms with van der Waals surface area (Å²) in [6.07, 6.45) is 2.47. The molecule has 1 heterocycles. The van der Waals surface area contributed by atoms with Crippen molar-refractivity contribution in [2.45, 2.75) is 39.2 Å². The minimum absolute atomic E-state index is 0.205. The zero-order valence-electron chi connectivity index (χ0n) is 15.6. The number of esters is 1. The highest BCUT2D eigenvalue weighted by atomic mass is 16.5. The molecule has 1 aliphatic rings. The Bertz CT molecular complexity index is 876. The first-order valence-corrected chi connectivity index (χ1v) is 9.11. The molecule has 0 spiro atoms. The van der Waals surface area contributed by atoms with Crippen molar-refractivity contribution in [2.24, 2.45) is 0 Å². The van der Waals surface area contributed by atoms with Gasteiger partial charge < -0.3 is 14.2 Å². The van der Waals surface area contributed by atoms with Crippen LogP contribution < -0.4 is 4.90 Å². The van der Waals surface area contributed by atoms with E-state index in [9.17, 15) is 9.59 Å². The number of aromatic nitrogens is 1. The zero-order valence-corrected chi connectivity index (χ0v) is 15.6. The minimum atomic E-state index is -0.489. The second kappa shape index (κ2) is 8.09. The van der Waals surface area contributed by atoms with E-state index >= 15 is 0 Å². The molecule has 3 rings (SSSR count). The van der Waals surface area contributed by atoms with Gasteiger partial charge in [0, 0.05) is 29.7 Å². The number of carbonyl (C=O) groups excluding carboxylic acids is 2. The first-order chi connectivity index (χ1) is 13.0. The van der Waals surface area contributed by atoms with Crippen molar-refractivity contribution in [3.05, 3.63) is 53.3 Å². The molecule has 0 N–H and O–H groups in total. The fraction of sp³-hybridized carbons (Fsp3) is 0.381. The number of hydrogen-bond acceptors (Lipinski definition) is 4. The Balaban J connectivity index is 1.67. The minimum Gasteiger partial charge on any atom is -0.452 e. The predicted molar refractivity (Wildman–Crippen MR) is 101 cm³/mol. The van der Waals surface area contributed by atoms with Crippen LogP contribution in [-0.4, -0.2) is 29.6 Å². The van der Waals surface area contributed by atoms with E-state index in [0.717, 1.165) is 24.2 Å². The lowest BCUT2D eigenvalue weighted by atomic mass is 10.2. The van der Waals surface area contributed by atoms with Crippen molar-refractivity contribution in [2.75, 3.05) is 18.1 Å². The van der Waals surface area contributed by atoms with Gasteiger partial charge in [0.05, 0.1) is 18.1 Å². The molecule has 0 unspecified atom stereocenters. The van der Waals surface area contributed by atoms with Crippen LogP contribution in [0.3, 0.4) is 0 Å². The van der Waals surface area contributed by atoms with Gasteiger partial charge in [0.2, 0.25) is 0 Å². The van der Waals surface area contributed by atoms with Gasteiger partial charge in [-0.25, -0.2) is 4.79 Å². The van der Waals surface area contributed by atoms with Gasteiger partial charge in [0.1, 0.15) is 0 Å². The lowest BCUT2D eigenvalue weighted by Gasteiger charge is -2.21. The van der Waals surface area contributed by atoms with E-state index < -0.39 is 5.97 Å². The Kier molecular flexibility index (Phi) is 5.60. The molecule has 0 radical (unpaired) electrons. The van der Waals surface area contributed by atoms with Gasteiger partial charge in [-0.3, -0.25) is 4.79 Å². The van der Waals surface area contributed by atoms with Crippen molar-refractivity contribution in [1.29, 1.82) is 5.26 Å². The highest BCUT2D eigenvalue weighted by Gasteiger charge is 2.29. The number of amides is 1. The molecule has 0 saturated heterocycles. The average Bonchev–Trinajstić information content (AvgIpc) is 3.45. The highest BCUT2D eigenvalue weighted by molar-refractivity contribution is 5.97.